The van der Waals surface area contributed by atoms with Gasteiger partial charge in [-0.2, -0.15) is 0 Å². The molecule has 0 atom stereocenters. The number of carbonyl (C=O) groups is 4. The first-order chi connectivity index (χ1) is 18.8. The van der Waals surface area contributed by atoms with Crippen molar-refractivity contribution in [1.82, 2.24) is 0 Å². The van der Waals surface area contributed by atoms with E-state index in [-0.39, 0.29) is 17.9 Å². The van der Waals surface area contributed by atoms with Gasteiger partial charge in [0.1, 0.15) is 17.9 Å². The summed E-state index contributed by atoms with van der Waals surface area (Å²) in [5.74, 6) is -1.35. The third-order valence-corrected chi connectivity index (χ3v) is 8.87. The van der Waals surface area contributed by atoms with E-state index in [4.69, 9.17) is 18.9 Å². The van der Waals surface area contributed by atoms with E-state index < -0.39 is 23.9 Å². The minimum Gasteiger partial charge on any atom is -0.462 e. The van der Waals surface area contributed by atoms with Crippen LogP contribution in [0.2, 0.25) is 0 Å². The van der Waals surface area contributed by atoms with Crippen LogP contribution in [0.3, 0.4) is 0 Å². The van der Waals surface area contributed by atoms with E-state index in [1.807, 2.05) is 27.7 Å². The summed E-state index contributed by atoms with van der Waals surface area (Å²) in [6, 6.07) is 0. The number of unbranched alkanes of at least 4 members (excludes halogenated alkanes) is 4. The zero-order valence-corrected chi connectivity index (χ0v) is 30.8. The molecule has 0 aromatic heterocycles. The van der Waals surface area contributed by atoms with Crippen LogP contribution in [0.5, 0.6) is 0 Å². The van der Waals surface area contributed by atoms with Gasteiger partial charge in [-0.15, -0.1) is 0 Å². The van der Waals surface area contributed by atoms with Crippen molar-refractivity contribution in [3.8, 4) is 0 Å². The first-order valence-electron chi connectivity index (χ1n) is 13.6. The second-order valence-electron chi connectivity index (χ2n) is 9.58. The zero-order valence-electron chi connectivity index (χ0n) is 24.4. The maximum Gasteiger partial charge on any atom is 0.346 e. The summed E-state index contributed by atoms with van der Waals surface area (Å²) in [5, 5.41) is 0. The van der Waals surface area contributed by atoms with Crippen molar-refractivity contribution in [1.29, 1.82) is 0 Å². The lowest BCUT2D eigenvalue weighted by Crippen LogP contribution is -2.13. The molecular formula is C28H44Br4O8. The minimum atomic E-state index is -0.571. The normalized spacial score (nSPS) is 12.1. The Morgan fingerprint density at radius 2 is 0.725 bits per heavy atom. The molecule has 0 saturated heterocycles. The first-order valence-corrected chi connectivity index (χ1v) is 16.8. The fraction of sp³-hybridized carbons (Fsp3) is 0.714. The molecule has 232 valence electrons. The average Bonchev–Trinajstić information content (AvgIpc) is 2.91. The third-order valence-electron chi connectivity index (χ3n) is 4.92. The predicted molar refractivity (Wildman–Crippen MR) is 172 cm³/mol. The highest BCUT2D eigenvalue weighted by molar-refractivity contribution is 9.15. The number of esters is 4. The molecule has 0 fully saturated rings. The van der Waals surface area contributed by atoms with Gasteiger partial charge in [0.25, 0.3) is 0 Å². The second-order valence-corrected chi connectivity index (χ2v) is 12.8. The molecule has 40 heavy (non-hydrogen) atoms. The highest BCUT2D eigenvalue weighted by Crippen LogP contribution is 2.22. The SMILES string of the molecule is CC(C)CCOC(=O)/C(Br)=C(/Br)C(=O)OCCC(C)C.CCCCCOC(=O)/C(Br)=C(/Br)C(=O)OCCCCC. The van der Waals surface area contributed by atoms with Crippen LogP contribution in [0.15, 0.2) is 17.9 Å². The lowest BCUT2D eigenvalue weighted by Gasteiger charge is -2.09. The van der Waals surface area contributed by atoms with Gasteiger partial charge in [0.15, 0.2) is 0 Å². The lowest BCUT2D eigenvalue weighted by molar-refractivity contribution is -0.141. The summed E-state index contributed by atoms with van der Waals surface area (Å²) in [6.45, 7) is 13.7. The summed E-state index contributed by atoms with van der Waals surface area (Å²) in [6.07, 6.45) is 7.34. The van der Waals surface area contributed by atoms with E-state index in [1.54, 1.807) is 0 Å². The van der Waals surface area contributed by atoms with E-state index >= 15 is 0 Å². The molecule has 0 rings (SSSR count). The number of hydrogen-bond acceptors (Lipinski definition) is 8. The molecule has 0 aliphatic rings. The molecule has 0 aromatic carbocycles. The maximum atomic E-state index is 11.7. The molecule has 0 spiro atoms. The van der Waals surface area contributed by atoms with Gasteiger partial charge in [-0.05, 0) is 101 Å². The number of ether oxygens (including phenoxy) is 4. The Morgan fingerprint density at radius 3 is 0.950 bits per heavy atom. The van der Waals surface area contributed by atoms with Gasteiger partial charge in [-0.1, -0.05) is 67.2 Å². The van der Waals surface area contributed by atoms with Crippen LogP contribution >= 0.6 is 63.7 Å². The van der Waals surface area contributed by atoms with Crippen molar-refractivity contribution in [3.63, 3.8) is 0 Å². The Bertz CT molecular complexity index is 772. The van der Waals surface area contributed by atoms with Gasteiger partial charge >= 0.3 is 23.9 Å². The number of carbonyl (C=O) groups excluding carboxylic acids is 4. The van der Waals surface area contributed by atoms with Crippen molar-refractivity contribution >= 4 is 87.6 Å². The van der Waals surface area contributed by atoms with E-state index in [0.29, 0.717) is 38.3 Å². The van der Waals surface area contributed by atoms with Crippen LogP contribution in [0, 0.1) is 11.8 Å². The molecule has 12 heteroatoms. The van der Waals surface area contributed by atoms with Gasteiger partial charge in [-0.3, -0.25) is 0 Å². The Hall–Kier alpha value is -0.720. The largest absolute Gasteiger partial charge is 0.462 e. The summed E-state index contributed by atoms with van der Waals surface area (Å²) < 4.78 is 20.4. The van der Waals surface area contributed by atoms with E-state index in [9.17, 15) is 19.2 Å². The van der Waals surface area contributed by atoms with E-state index in [1.165, 1.54) is 0 Å². The van der Waals surface area contributed by atoms with Crippen molar-refractivity contribution in [2.75, 3.05) is 26.4 Å². The molecule has 0 N–H and O–H groups in total. The lowest BCUT2D eigenvalue weighted by atomic mass is 10.1. The molecule has 0 aliphatic carbocycles. The number of hydrogen-bond donors (Lipinski definition) is 0. The fourth-order valence-electron chi connectivity index (χ4n) is 2.42. The molecule has 0 aromatic rings. The summed E-state index contributed by atoms with van der Waals surface area (Å²) >= 11 is 12.2. The molecular weight excluding hydrogens is 784 g/mol. The average molecular weight is 828 g/mol. The standard InChI is InChI=1S/2C14H22Br2O4/c1-9(2)5-7-19-13(17)11(15)12(16)14(18)20-8-6-10(3)4;1-3-5-7-9-19-13(17)11(15)12(16)14(18)20-10-8-6-4-2/h9-10H,5-8H2,1-4H3;3-10H2,1-2H3/b2*12-11-. The maximum absolute atomic E-state index is 11.7. The van der Waals surface area contributed by atoms with Crippen molar-refractivity contribution in [2.45, 2.75) is 92.9 Å². The van der Waals surface area contributed by atoms with Gasteiger partial charge in [0, 0.05) is 0 Å². The third kappa shape index (κ3) is 22.0. The van der Waals surface area contributed by atoms with Crippen LogP contribution < -0.4 is 0 Å². The quantitative estimate of drug-likeness (QED) is 0.0586. The highest BCUT2D eigenvalue weighted by atomic mass is 79.9. The summed E-state index contributed by atoms with van der Waals surface area (Å²) in [7, 11) is 0. The first kappa shape index (κ1) is 41.4. The van der Waals surface area contributed by atoms with Gasteiger partial charge < -0.3 is 18.9 Å². The second kappa shape index (κ2) is 25.9. The van der Waals surface area contributed by atoms with Crippen LogP contribution in [-0.4, -0.2) is 50.3 Å². The molecule has 8 nitrogen and oxygen atoms in total. The Kier molecular flexibility index (Phi) is 26.9. The van der Waals surface area contributed by atoms with Crippen LogP contribution in [-0.2, 0) is 38.1 Å². The van der Waals surface area contributed by atoms with Gasteiger partial charge in [0.05, 0.1) is 26.4 Å². The molecule has 0 bridgehead atoms. The Morgan fingerprint density at radius 1 is 0.475 bits per heavy atom. The molecule has 0 heterocycles. The predicted octanol–water partition coefficient (Wildman–Crippen LogP) is 8.62. The van der Waals surface area contributed by atoms with Crippen molar-refractivity contribution in [2.24, 2.45) is 11.8 Å². The minimum absolute atomic E-state index is 0.0517. The van der Waals surface area contributed by atoms with E-state index in [2.05, 4.69) is 77.6 Å². The van der Waals surface area contributed by atoms with E-state index in [0.717, 1.165) is 51.4 Å². The van der Waals surface area contributed by atoms with Crippen LogP contribution in [0.4, 0.5) is 0 Å². The van der Waals surface area contributed by atoms with Crippen molar-refractivity contribution in [3.05, 3.63) is 17.9 Å². The number of halogens is 4. The van der Waals surface area contributed by atoms with Gasteiger partial charge in [-0.25, -0.2) is 19.2 Å². The monoisotopic (exact) mass is 824 g/mol. The Balaban J connectivity index is 0. The van der Waals surface area contributed by atoms with Crippen molar-refractivity contribution < 1.29 is 38.1 Å². The molecule has 0 aliphatic heterocycles. The molecule has 0 saturated carbocycles. The number of rotatable bonds is 18. The molecule has 0 radical (unpaired) electrons. The molecule has 0 unspecified atom stereocenters. The van der Waals surface area contributed by atoms with Gasteiger partial charge in [0.2, 0.25) is 0 Å². The summed E-state index contributed by atoms with van der Waals surface area (Å²) in [4.78, 5) is 46.7. The van der Waals surface area contributed by atoms with Crippen LogP contribution in [0.1, 0.15) is 92.9 Å². The zero-order chi connectivity index (χ0) is 31.1. The Labute approximate surface area is 273 Å². The molecule has 0 amide bonds. The smallest absolute Gasteiger partial charge is 0.346 e. The van der Waals surface area contributed by atoms with Crippen LogP contribution in [0.25, 0.3) is 0 Å². The fourth-order valence-corrected chi connectivity index (χ4v) is 3.53. The summed E-state index contributed by atoms with van der Waals surface area (Å²) in [5.41, 5.74) is 0. The topological polar surface area (TPSA) is 105 Å². The highest BCUT2D eigenvalue weighted by Gasteiger charge is 2.20.